The average molecular weight is 403 g/mol. The van der Waals surface area contributed by atoms with E-state index in [1.165, 1.54) is 3.71 Å². The summed E-state index contributed by atoms with van der Waals surface area (Å²) in [5.74, 6) is 9.16. The second-order valence-electron chi connectivity index (χ2n) is 4.11. The summed E-state index contributed by atoms with van der Waals surface area (Å²) in [6.07, 6.45) is 0. The van der Waals surface area contributed by atoms with E-state index in [4.69, 9.17) is 10.0 Å². The molecule has 5 heteroatoms. The van der Waals surface area contributed by atoms with Crippen LogP contribution in [0.15, 0.2) is 12.1 Å². The van der Waals surface area contributed by atoms with Crippen LogP contribution in [0, 0.1) is 0 Å². The first-order valence-electron chi connectivity index (χ1n) is 4.20. The van der Waals surface area contributed by atoms with E-state index >= 15 is 0 Å². The zero-order valence-electron chi connectivity index (χ0n) is 8.32. The minimum absolute atomic E-state index is 1.45. The molecule has 1 aromatic rings. The number of hydrogen-bond donors (Lipinski definition) is 0. The van der Waals surface area contributed by atoms with Gasteiger partial charge in [0.2, 0.25) is 0 Å². The Labute approximate surface area is 101 Å². The van der Waals surface area contributed by atoms with Crippen LogP contribution in [-0.2, 0) is 0 Å². The van der Waals surface area contributed by atoms with Crippen LogP contribution < -0.4 is 7.42 Å². The van der Waals surface area contributed by atoms with Crippen molar-refractivity contribution in [3.63, 3.8) is 0 Å². The third-order valence-corrected chi connectivity index (χ3v) is 19.9. The molecular weight excluding hydrogens is 389 g/mol. The molecule has 1 aromatic heterocycles. The molecule has 0 spiro atoms. The molecule has 0 N–H and O–H groups in total. The van der Waals surface area contributed by atoms with Gasteiger partial charge >= 0.3 is 102 Å². The van der Waals surface area contributed by atoms with Gasteiger partial charge in [0.1, 0.15) is 0 Å². The van der Waals surface area contributed by atoms with Crippen LogP contribution in [0.5, 0.6) is 0 Å². The minimum atomic E-state index is -2.07. The van der Waals surface area contributed by atoms with Crippen molar-refractivity contribution < 1.29 is 0 Å². The van der Waals surface area contributed by atoms with Crippen molar-refractivity contribution >= 4 is 66.5 Å². The molecule has 0 amide bonds. The fourth-order valence-corrected chi connectivity index (χ4v) is 12.6. The summed E-state index contributed by atoms with van der Waals surface area (Å²) in [6.45, 7) is 0. The molecule has 0 aliphatic rings. The summed E-state index contributed by atoms with van der Waals surface area (Å²) in [5, 5.41) is 0. The Kier molecular flexibility index (Phi) is 4.08. The molecule has 0 aliphatic heterocycles. The van der Waals surface area contributed by atoms with E-state index in [9.17, 15) is 0 Å². The normalized spacial score (nSPS) is 13.4. The van der Waals surface area contributed by atoms with E-state index in [0.29, 0.717) is 0 Å². The summed E-state index contributed by atoms with van der Waals surface area (Å²) in [7, 11) is 6.43. The van der Waals surface area contributed by atoms with E-state index < -0.39 is 23.8 Å². The van der Waals surface area contributed by atoms with Crippen LogP contribution in [0.4, 0.5) is 0 Å². The molecule has 0 saturated heterocycles. The van der Waals surface area contributed by atoms with Gasteiger partial charge in [-0.25, -0.2) is 0 Å². The van der Waals surface area contributed by atoms with Crippen molar-refractivity contribution in [2.24, 2.45) is 0 Å². The van der Waals surface area contributed by atoms with Crippen molar-refractivity contribution in [3.05, 3.63) is 12.1 Å². The number of halogens is 2. The summed E-state index contributed by atoms with van der Waals surface area (Å²) >= 11 is 1.94. The first kappa shape index (κ1) is 12.6. The van der Waals surface area contributed by atoms with Gasteiger partial charge < -0.3 is 0 Å². The Balaban J connectivity index is 3.01. The molecule has 0 radical (unpaired) electrons. The molecular formula is C8H14BrClGe2S. The average Bonchev–Trinajstić information content (AvgIpc) is 2.28. The summed E-state index contributed by atoms with van der Waals surface area (Å²) in [5.41, 5.74) is 0. The number of hydrogen-bond acceptors (Lipinski definition) is 1. The van der Waals surface area contributed by atoms with Crippen molar-refractivity contribution in [2.45, 2.75) is 23.0 Å². The van der Waals surface area contributed by atoms with Gasteiger partial charge in [0, 0.05) is 0 Å². The Morgan fingerprint density at radius 2 is 1.62 bits per heavy atom. The molecule has 0 aromatic carbocycles. The fraction of sp³-hybridized carbons (Fsp3) is 0.500. The maximum atomic E-state index is 6.43. The van der Waals surface area contributed by atoms with E-state index in [-0.39, 0.29) is 0 Å². The van der Waals surface area contributed by atoms with E-state index in [1.54, 1.807) is 3.71 Å². The molecule has 0 aliphatic carbocycles. The van der Waals surface area contributed by atoms with Crippen LogP contribution in [0.1, 0.15) is 0 Å². The molecule has 0 saturated carbocycles. The van der Waals surface area contributed by atoms with Gasteiger partial charge in [-0.3, -0.25) is 0 Å². The Hall–Kier alpha value is 1.56. The van der Waals surface area contributed by atoms with Crippen molar-refractivity contribution in [3.8, 4) is 0 Å². The topological polar surface area (TPSA) is 0 Å². The predicted octanol–water partition coefficient (Wildman–Crippen LogP) is 3.21. The van der Waals surface area contributed by atoms with Crippen molar-refractivity contribution in [1.82, 2.24) is 0 Å². The number of thiophene rings is 1. The molecule has 1 heterocycles. The first-order valence-corrected chi connectivity index (χ1v) is 23.2. The van der Waals surface area contributed by atoms with Crippen LogP contribution >= 0.6 is 35.4 Å². The van der Waals surface area contributed by atoms with Gasteiger partial charge in [-0.05, 0) is 0 Å². The Bertz CT molecular complexity index is 269. The molecule has 0 fully saturated rings. The second kappa shape index (κ2) is 4.20. The zero-order valence-corrected chi connectivity index (χ0v) is 15.7. The van der Waals surface area contributed by atoms with Gasteiger partial charge in [0.15, 0.2) is 0 Å². The molecule has 0 bridgehead atoms. The molecule has 0 unspecified atom stereocenters. The molecule has 1 rings (SSSR count). The van der Waals surface area contributed by atoms with Gasteiger partial charge in [0.05, 0.1) is 0 Å². The van der Waals surface area contributed by atoms with Crippen molar-refractivity contribution in [1.29, 1.82) is 0 Å². The summed E-state index contributed by atoms with van der Waals surface area (Å²) in [6, 6.07) is 4.51. The third-order valence-electron chi connectivity index (χ3n) is 1.78. The second-order valence-corrected chi connectivity index (χ2v) is 36.5. The van der Waals surface area contributed by atoms with Crippen LogP contribution in [0.2, 0.25) is 23.0 Å². The Morgan fingerprint density at radius 1 is 1.15 bits per heavy atom. The van der Waals surface area contributed by atoms with Gasteiger partial charge in [-0.2, -0.15) is 0 Å². The zero-order chi connectivity index (χ0) is 10.3. The van der Waals surface area contributed by atoms with E-state index in [2.05, 4.69) is 49.2 Å². The van der Waals surface area contributed by atoms with Gasteiger partial charge in [0.25, 0.3) is 0 Å². The van der Waals surface area contributed by atoms with Gasteiger partial charge in [-0.15, -0.1) is 0 Å². The standard InChI is InChI=1S/C8H14BrClGe2S/c1-11(2,9)7-5-6-8(13-7)12(3,4)10/h5-6H,1-4H3. The quantitative estimate of drug-likeness (QED) is 0.666. The molecule has 74 valence electrons. The molecule has 0 nitrogen and oxygen atoms in total. The predicted molar refractivity (Wildman–Crippen MR) is 73.3 cm³/mol. The SMILES string of the molecule is [CH3][Ge]([CH3])([Cl])[c]1cc[c]([Ge]([CH3])([CH3])[Br])s1. The molecule has 13 heavy (non-hydrogen) atoms. The molecule has 0 atom stereocenters. The van der Waals surface area contributed by atoms with Gasteiger partial charge in [-0.1, -0.05) is 0 Å². The monoisotopic (exact) mass is 404 g/mol. The number of rotatable bonds is 2. The first-order chi connectivity index (χ1) is 5.71. The summed E-state index contributed by atoms with van der Waals surface area (Å²) < 4.78 is 3.00. The van der Waals surface area contributed by atoms with Crippen molar-refractivity contribution in [2.75, 3.05) is 0 Å². The van der Waals surface area contributed by atoms with Crippen LogP contribution in [-0.4, -0.2) is 23.8 Å². The fourth-order valence-electron chi connectivity index (χ4n) is 0.977. The Morgan fingerprint density at radius 3 is 1.85 bits per heavy atom. The third kappa shape index (κ3) is 3.56. The summed E-state index contributed by atoms with van der Waals surface area (Å²) in [4.78, 5) is 0. The maximum absolute atomic E-state index is 6.43. The van der Waals surface area contributed by atoms with E-state index in [1.807, 2.05) is 11.3 Å². The van der Waals surface area contributed by atoms with E-state index in [0.717, 1.165) is 0 Å². The van der Waals surface area contributed by atoms with Crippen LogP contribution in [0.3, 0.4) is 0 Å². The van der Waals surface area contributed by atoms with Crippen LogP contribution in [0.25, 0.3) is 0 Å².